The molecule has 158 valence electrons. The highest BCUT2D eigenvalue weighted by Crippen LogP contribution is 2.19. The molecule has 0 aliphatic carbocycles. The van der Waals surface area contributed by atoms with E-state index in [1.54, 1.807) is 0 Å². The molecule has 30 heavy (non-hydrogen) atoms. The first-order valence-electron chi connectivity index (χ1n) is 11.0. The van der Waals surface area contributed by atoms with Gasteiger partial charge in [0.1, 0.15) is 5.82 Å². The van der Waals surface area contributed by atoms with Crippen molar-refractivity contribution in [3.05, 3.63) is 59.8 Å². The number of likely N-dealkylation sites (tertiary alicyclic amines) is 1. The van der Waals surface area contributed by atoms with Crippen molar-refractivity contribution in [2.24, 2.45) is 5.92 Å². The van der Waals surface area contributed by atoms with E-state index in [0.29, 0.717) is 19.5 Å². The fourth-order valence-electron chi connectivity index (χ4n) is 4.29. The summed E-state index contributed by atoms with van der Waals surface area (Å²) in [6.07, 6.45) is 6.39. The molecule has 6 nitrogen and oxygen atoms in total. The summed E-state index contributed by atoms with van der Waals surface area (Å²) in [5.41, 5.74) is 2.01. The Morgan fingerprint density at radius 2 is 1.77 bits per heavy atom. The number of benzene rings is 1. The van der Waals surface area contributed by atoms with Gasteiger partial charge in [0.05, 0.1) is 12.3 Å². The molecule has 2 fully saturated rings. The van der Waals surface area contributed by atoms with Gasteiger partial charge in [-0.15, -0.1) is 0 Å². The molecule has 1 N–H and O–H groups in total. The van der Waals surface area contributed by atoms with Gasteiger partial charge < -0.3 is 15.1 Å². The lowest BCUT2D eigenvalue weighted by Crippen LogP contribution is -2.45. The number of amides is 2. The van der Waals surface area contributed by atoms with Crippen molar-refractivity contribution in [3.63, 3.8) is 0 Å². The van der Waals surface area contributed by atoms with Crippen molar-refractivity contribution in [3.8, 4) is 0 Å². The molecule has 0 bridgehead atoms. The Hall–Kier alpha value is -2.89. The zero-order valence-electron chi connectivity index (χ0n) is 17.4. The molecular formula is C24H30N4O2. The molecule has 1 unspecified atom stereocenters. The second-order valence-electron chi connectivity index (χ2n) is 8.28. The first kappa shape index (κ1) is 20.4. The van der Waals surface area contributed by atoms with Gasteiger partial charge in [-0.3, -0.25) is 9.59 Å². The van der Waals surface area contributed by atoms with Gasteiger partial charge in [-0.25, -0.2) is 4.98 Å². The Morgan fingerprint density at radius 3 is 2.50 bits per heavy atom. The van der Waals surface area contributed by atoms with Gasteiger partial charge >= 0.3 is 0 Å². The third kappa shape index (κ3) is 5.17. The minimum atomic E-state index is -0.143. The molecule has 1 aromatic heterocycles. The summed E-state index contributed by atoms with van der Waals surface area (Å²) in [7, 11) is 0. The molecule has 1 atom stereocenters. The van der Waals surface area contributed by atoms with Crippen molar-refractivity contribution in [1.82, 2.24) is 15.2 Å². The molecule has 0 spiro atoms. The molecular weight excluding hydrogens is 376 g/mol. The van der Waals surface area contributed by atoms with Gasteiger partial charge in [-0.2, -0.15) is 0 Å². The standard InChI is InChI=1S/C24H30N4O2/c29-23(15-19-7-2-1-3-8-19)28-14-6-9-21(18-28)24(30)26-17-20-10-11-22(25-16-20)27-12-4-5-13-27/h1-3,7-8,10-11,16,21H,4-6,9,12-15,17-18H2,(H,26,30). The van der Waals surface area contributed by atoms with Crippen molar-refractivity contribution in [2.75, 3.05) is 31.1 Å². The van der Waals surface area contributed by atoms with Crippen molar-refractivity contribution in [2.45, 2.75) is 38.6 Å². The van der Waals surface area contributed by atoms with E-state index in [1.165, 1.54) is 12.8 Å². The average Bonchev–Trinajstić information content (AvgIpc) is 3.33. The maximum atomic E-state index is 12.7. The summed E-state index contributed by atoms with van der Waals surface area (Å²) < 4.78 is 0. The van der Waals surface area contributed by atoms with Gasteiger partial charge in [-0.1, -0.05) is 36.4 Å². The molecule has 2 aliphatic rings. The second-order valence-corrected chi connectivity index (χ2v) is 8.28. The SMILES string of the molecule is O=C(NCc1ccc(N2CCCC2)nc1)C1CCCN(C(=O)Cc2ccccc2)C1. The van der Waals surface area contributed by atoms with Gasteiger partial charge in [0, 0.05) is 38.9 Å². The fourth-order valence-corrected chi connectivity index (χ4v) is 4.29. The number of carbonyl (C=O) groups excluding carboxylic acids is 2. The summed E-state index contributed by atoms with van der Waals surface area (Å²) in [5, 5.41) is 3.04. The van der Waals surface area contributed by atoms with E-state index in [2.05, 4.69) is 15.2 Å². The Kier molecular flexibility index (Phi) is 6.62. The van der Waals surface area contributed by atoms with E-state index >= 15 is 0 Å². The van der Waals surface area contributed by atoms with Crippen LogP contribution in [-0.2, 0) is 22.6 Å². The number of piperidine rings is 1. The van der Waals surface area contributed by atoms with Crippen LogP contribution in [0.4, 0.5) is 5.82 Å². The number of nitrogens with one attached hydrogen (secondary N) is 1. The number of carbonyl (C=O) groups is 2. The molecule has 0 saturated carbocycles. The highest BCUT2D eigenvalue weighted by Gasteiger charge is 2.28. The lowest BCUT2D eigenvalue weighted by molar-refractivity contribution is -0.135. The lowest BCUT2D eigenvalue weighted by atomic mass is 9.96. The number of anilines is 1. The van der Waals surface area contributed by atoms with Gasteiger partial charge in [0.2, 0.25) is 11.8 Å². The number of nitrogens with zero attached hydrogens (tertiary/aromatic N) is 3. The van der Waals surface area contributed by atoms with Gasteiger partial charge in [0.15, 0.2) is 0 Å². The first-order chi connectivity index (χ1) is 14.7. The van der Waals surface area contributed by atoms with Crippen LogP contribution >= 0.6 is 0 Å². The Morgan fingerprint density at radius 1 is 0.967 bits per heavy atom. The van der Waals surface area contributed by atoms with Crippen LogP contribution < -0.4 is 10.2 Å². The molecule has 2 aromatic rings. The number of rotatable bonds is 6. The average molecular weight is 407 g/mol. The smallest absolute Gasteiger partial charge is 0.227 e. The number of hydrogen-bond donors (Lipinski definition) is 1. The lowest BCUT2D eigenvalue weighted by Gasteiger charge is -2.32. The predicted octanol–water partition coefficient (Wildman–Crippen LogP) is 2.78. The number of pyridine rings is 1. The number of aromatic nitrogens is 1. The number of hydrogen-bond acceptors (Lipinski definition) is 4. The molecule has 4 rings (SSSR count). The topological polar surface area (TPSA) is 65.5 Å². The Bertz CT molecular complexity index is 847. The summed E-state index contributed by atoms with van der Waals surface area (Å²) in [6.45, 7) is 3.86. The molecule has 6 heteroatoms. The van der Waals surface area contributed by atoms with Crippen molar-refractivity contribution in [1.29, 1.82) is 0 Å². The molecule has 1 aromatic carbocycles. The minimum absolute atomic E-state index is 0.0239. The van der Waals surface area contributed by atoms with Crippen LogP contribution in [0.1, 0.15) is 36.8 Å². The van der Waals surface area contributed by atoms with Gasteiger partial charge in [0.25, 0.3) is 0 Å². The summed E-state index contributed by atoms with van der Waals surface area (Å²) in [6, 6.07) is 13.9. The largest absolute Gasteiger partial charge is 0.357 e. The van der Waals surface area contributed by atoms with E-state index < -0.39 is 0 Å². The third-order valence-corrected chi connectivity index (χ3v) is 6.05. The summed E-state index contributed by atoms with van der Waals surface area (Å²) in [4.78, 5) is 34.0. The van der Waals surface area contributed by atoms with E-state index in [-0.39, 0.29) is 17.7 Å². The van der Waals surface area contributed by atoms with Crippen LogP contribution in [0.15, 0.2) is 48.7 Å². The summed E-state index contributed by atoms with van der Waals surface area (Å²) >= 11 is 0. The van der Waals surface area contributed by atoms with Crippen LogP contribution in [0.25, 0.3) is 0 Å². The highest BCUT2D eigenvalue weighted by molar-refractivity contribution is 5.82. The van der Waals surface area contributed by atoms with Gasteiger partial charge in [-0.05, 0) is 42.9 Å². The van der Waals surface area contributed by atoms with E-state index in [1.807, 2.05) is 53.6 Å². The maximum Gasteiger partial charge on any atom is 0.227 e. The highest BCUT2D eigenvalue weighted by atomic mass is 16.2. The monoisotopic (exact) mass is 406 g/mol. The maximum absolute atomic E-state index is 12.7. The third-order valence-electron chi connectivity index (χ3n) is 6.05. The van der Waals surface area contributed by atoms with Crippen LogP contribution in [0, 0.1) is 5.92 Å². The van der Waals surface area contributed by atoms with E-state index in [4.69, 9.17) is 0 Å². The molecule has 2 saturated heterocycles. The predicted molar refractivity (Wildman–Crippen MR) is 117 cm³/mol. The summed E-state index contributed by atoms with van der Waals surface area (Å²) in [5.74, 6) is 0.994. The molecule has 2 aliphatic heterocycles. The van der Waals surface area contributed by atoms with Crippen LogP contribution in [0.2, 0.25) is 0 Å². The van der Waals surface area contributed by atoms with E-state index in [9.17, 15) is 9.59 Å². The normalized spacial score (nSPS) is 19.0. The fraction of sp³-hybridized carbons (Fsp3) is 0.458. The molecule has 3 heterocycles. The zero-order chi connectivity index (χ0) is 20.8. The van der Waals surface area contributed by atoms with Crippen LogP contribution in [0.5, 0.6) is 0 Å². The first-order valence-corrected chi connectivity index (χ1v) is 11.0. The minimum Gasteiger partial charge on any atom is -0.357 e. The van der Waals surface area contributed by atoms with Crippen molar-refractivity contribution < 1.29 is 9.59 Å². The Balaban J connectivity index is 1.26. The van der Waals surface area contributed by atoms with Crippen LogP contribution in [-0.4, -0.2) is 47.9 Å². The molecule has 0 radical (unpaired) electrons. The zero-order valence-corrected chi connectivity index (χ0v) is 17.4. The van der Waals surface area contributed by atoms with E-state index in [0.717, 1.165) is 49.4 Å². The Labute approximate surface area is 178 Å². The van der Waals surface area contributed by atoms with Crippen molar-refractivity contribution >= 4 is 17.6 Å². The second kappa shape index (κ2) is 9.74. The van der Waals surface area contributed by atoms with Crippen LogP contribution in [0.3, 0.4) is 0 Å². The molecule has 2 amide bonds. The quantitative estimate of drug-likeness (QED) is 0.801.